The fourth-order valence-corrected chi connectivity index (χ4v) is 2.95. The van der Waals surface area contributed by atoms with Crippen LogP contribution in [0.25, 0.3) is 0 Å². The van der Waals surface area contributed by atoms with Crippen LogP contribution < -0.4 is 5.32 Å². The molecule has 2 rings (SSSR count). The second kappa shape index (κ2) is 6.43. The van der Waals surface area contributed by atoms with E-state index in [9.17, 15) is 0 Å². The van der Waals surface area contributed by atoms with E-state index in [1.165, 1.54) is 27.8 Å². The summed E-state index contributed by atoms with van der Waals surface area (Å²) in [7, 11) is 2.00. The van der Waals surface area contributed by atoms with Crippen LogP contribution in [0.2, 0.25) is 5.02 Å². The predicted molar refractivity (Wildman–Crippen MR) is 87.6 cm³/mol. The molecule has 0 saturated carbocycles. The molecule has 0 radical (unpaired) electrons. The Labute approximate surface area is 127 Å². The Morgan fingerprint density at radius 1 is 0.950 bits per heavy atom. The molecule has 0 heterocycles. The van der Waals surface area contributed by atoms with Crippen LogP contribution in [0.3, 0.4) is 0 Å². The van der Waals surface area contributed by atoms with Crippen LogP contribution in [0.1, 0.15) is 33.9 Å². The van der Waals surface area contributed by atoms with Gasteiger partial charge in [0, 0.05) is 11.1 Å². The number of hydrogen-bond acceptors (Lipinski definition) is 1. The van der Waals surface area contributed by atoms with Crippen molar-refractivity contribution in [2.24, 2.45) is 0 Å². The molecule has 0 aliphatic carbocycles. The minimum atomic E-state index is 0.286. The first-order chi connectivity index (χ1) is 9.49. The van der Waals surface area contributed by atoms with Gasteiger partial charge in [-0.2, -0.15) is 0 Å². The summed E-state index contributed by atoms with van der Waals surface area (Å²) in [6.07, 6.45) is 0.901. The van der Waals surface area contributed by atoms with Crippen molar-refractivity contribution in [3.63, 3.8) is 0 Å². The van der Waals surface area contributed by atoms with Gasteiger partial charge in [-0.05, 0) is 57.0 Å². The maximum absolute atomic E-state index is 6.35. The van der Waals surface area contributed by atoms with Crippen molar-refractivity contribution in [3.8, 4) is 0 Å². The van der Waals surface area contributed by atoms with Gasteiger partial charge in [-0.1, -0.05) is 53.1 Å². The lowest BCUT2D eigenvalue weighted by molar-refractivity contribution is 0.591. The fraction of sp³-hybridized carbons (Fsp3) is 0.333. The lowest BCUT2D eigenvalue weighted by atomic mass is 9.95. The zero-order valence-electron chi connectivity index (χ0n) is 12.6. The van der Waals surface area contributed by atoms with Crippen LogP contribution >= 0.6 is 11.6 Å². The molecular formula is C18H22ClN. The molecule has 20 heavy (non-hydrogen) atoms. The van der Waals surface area contributed by atoms with E-state index >= 15 is 0 Å². The van der Waals surface area contributed by atoms with Gasteiger partial charge in [0.1, 0.15) is 0 Å². The molecule has 1 unspecified atom stereocenters. The van der Waals surface area contributed by atoms with Crippen molar-refractivity contribution < 1.29 is 0 Å². The molecule has 0 saturated heterocycles. The van der Waals surface area contributed by atoms with Crippen molar-refractivity contribution in [1.29, 1.82) is 0 Å². The largest absolute Gasteiger partial charge is 0.313 e. The summed E-state index contributed by atoms with van der Waals surface area (Å²) in [4.78, 5) is 0. The molecule has 0 bridgehead atoms. The zero-order valence-corrected chi connectivity index (χ0v) is 13.4. The number of hydrogen-bond donors (Lipinski definition) is 1. The Morgan fingerprint density at radius 3 is 2.15 bits per heavy atom. The highest BCUT2D eigenvalue weighted by Crippen LogP contribution is 2.25. The molecule has 0 amide bonds. The van der Waals surface area contributed by atoms with Crippen LogP contribution in [0.4, 0.5) is 0 Å². The first-order valence-electron chi connectivity index (χ1n) is 7.00. The summed E-state index contributed by atoms with van der Waals surface area (Å²) >= 11 is 6.35. The Bertz CT molecular complexity index is 584. The third-order valence-electron chi connectivity index (χ3n) is 3.63. The van der Waals surface area contributed by atoms with Gasteiger partial charge in [-0.25, -0.2) is 0 Å². The van der Waals surface area contributed by atoms with Crippen molar-refractivity contribution in [2.75, 3.05) is 7.05 Å². The summed E-state index contributed by atoms with van der Waals surface area (Å²) in [5.74, 6) is 0. The van der Waals surface area contributed by atoms with Gasteiger partial charge in [0.05, 0.1) is 0 Å². The SMILES string of the molecule is CNC(Cc1ccc(C)cc1Cl)c1cc(C)cc(C)c1. The number of nitrogens with one attached hydrogen (secondary N) is 1. The lowest BCUT2D eigenvalue weighted by Gasteiger charge is -2.19. The standard InChI is InChI=1S/C18H22ClN/c1-12-5-6-15(17(19)10-12)11-18(20-4)16-8-13(2)7-14(3)9-16/h5-10,18,20H,11H2,1-4H3. The van der Waals surface area contributed by atoms with Crippen molar-refractivity contribution in [3.05, 3.63) is 69.2 Å². The van der Waals surface area contributed by atoms with E-state index in [0.717, 1.165) is 11.4 Å². The topological polar surface area (TPSA) is 12.0 Å². The molecule has 1 atom stereocenters. The Kier molecular flexibility index (Phi) is 4.85. The number of aryl methyl sites for hydroxylation is 3. The molecule has 0 aromatic heterocycles. The minimum Gasteiger partial charge on any atom is -0.313 e. The average Bonchev–Trinajstić information content (AvgIpc) is 2.36. The zero-order chi connectivity index (χ0) is 14.7. The predicted octanol–water partition coefficient (Wildman–Crippen LogP) is 4.77. The Balaban J connectivity index is 2.28. The number of halogens is 1. The summed E-state index contributed by atoms with van der Waals surface area (Å²) in [6, 6.07) is 13.3. The summed E-state index contributed by atoms with van der Waals surface area (Å²) < 4.78 is 0. The molecule has 1 nitrogen and oxygen atoms in total. The molecule has 0 aliphatic heterocycles. The molecular weight excluding hydrogens is 266 g/mol. The van der Waals surface area contributed by atoms with E-state index in [0.29, 0.717) is 0 Å². The van der Waals surface area contributed by atoms with Crippen LogP contribution in [0.15, 0.2) is 36.4 Å². The van der Waals surface area contributed by atoms with E-state index in [1.807, 2.05) is 13.1 Å². The highest BCUT2D eigenvalue weighted by atomic mass is 35.5. The number of rotatable bonds is 4. The lowest BCUT2D eigenvalue weighted by Crippen LogP contribution is -2.19. The molecule has 1 N–H and O–H groups in total. The second-order valence-corrected chi connectivity index (χ2v) is 5.97. The van der Waals surface area contributed by atoms with Gasteiger partial charge in [-0.3, -0.25) is 0 Å². The molecule has 0 fully saturated rings. The van der Waals surface area contributed by atoms with E-state index in [1.54, 1.807) is 0 Å². The third kappa shape index (κ3) is 3.62. The highest BCUT2D eigenvalue weighted by molar-refractivity contribution is 6.31. The monoisotopic (exact) mass is 287 g/mol. The number of likely N-dealkylation sites (N-methyl/N-ethyl adjacent to an activating group) is 1. The first kappa shape index (κ1) is 15.1. The number of benzene rings is 2. The smallest absolute Gasteiger partial charge is 0.0441 e. The van der Waals surface area contributed by atoms with Gasteiger partial charge in [0.25, 0.3) is 0 Å². The second-order valence-electron chi connectivity index (χ2n) is 5.56. The van der Waals surface area contributed by atoms with Crippen LogP contribution in [-0.4, -0.2) is 7.05 Å². The summed E-state index contributed by atoms with van der Waals surface area (Å²) in [5, 5.41) is 4.26. The van der Waals surface area contributed by atoms with Crippen LogP contribution in [0, 0.1) is 20.8 Å². The molecule has 106 valence electrons. The van der Waals surface area contributed by atoms with Gasteiger partial charge in [0.2, 0.25) is 0 Å². The molecule has 2 heteroatoms. The van der Waals surface area contributed by atoms with Crippen molar-refractivity contribution >= 4 is 11.6 Å². The summed E-state index contributed by atoms with van der Waals surface area (Å²) in [6.45, 7) is 6.35. The maximum Gasteiger partial charge on any atom is 0.0441 e. The third-order valence-corrected chi connectivity index (χ3v) is 3.98. The molecule has 2 aromatic carbocycles. The van der Waals surface area contributed by atoms with E-state index < -0.39 is 0 Å². The van der Waals surface area contributed by atoms with Crippen LogP contribution in [-0.2, 0) is 6.42 Å². The highest BCUT2D eigenvalue weighted by Gasteiger charge is 2.13. The Hall–Kier alpha value is -1.31. The van der Waals surface area contributed by atoms with E-state index in [2.05, 4.69) is 56.4 Å². The maximum atomic E-state index is 6.35. The summed E-state index contributed by atoms with van der Waals surface area (Å²) in [5.41, 5.74) is 6.31. The fourth-order valence-electron chi connectivity index (χ4n) is 2.64. The van der Waals surface area contributed by atoms with E-state index in [-0.39, 0.29) is 6.04 Å². The molecule has 2 aromatic rings. The van der Waals surface area contributed by atoms with Gasteiger partial charge in [0.15, 0.2) is 0 Å². The molecule has 0 aliphatic rings. The first-order valence-corrected chi connectivity index (χ1v) is 7.38. The normalized spacial score (nSPS) is 12.4. The average molecular weight is 288 g/mol. The van der Waals surface area contributed by atoms with Gasteiger partial charge in [-0.15, -0.1) is 0 Å². The van der Waals surface area contributed by atoms with Crippen LogP contribution in [0.5, 0.6) is 0 Å². The quantitative estimate of drug-likeness (QED) is 0.854. The minimum absolute atomic E-state index is 0.286. The van der Waals surface area contributed by atoms with Crippen molar-refractivity contribution in [1.82, 2.24) is 5.32 Å². The van der Waals surface area contributed by atoms with Gasteiger partial charge >= 0.3 is 0 Å². The van der Waals surface area contributed by atoms with Crippen molar-refractivity contribution in [2.45, 2.75) is 33.2 Å². The van der Waals surface area contributed by atoms with E-state index in [4.69, 9.17) is 11.6 Å². The molecule has 0 spiro atoms. The van der Waals surface area contributed by atoms with Gasteiger partial charge < -0.3 is 5.32 Å². The Morgan fingerprint density at radius 2 is 1.60 bits per heavy atom.